The molecule has 0 aliphatic heterocycles. The highest BCUT2D eigenvalue weighted by Crippen LogP contribution is 2.28. The molecule has 76 valence electrons. The van der Waals surface area contributed by atoms with Gasteiger partial charge in [0.25, 0.3) is 0 Å². The molecule has 1 heteroatoms. The monoisotopic (exact) mass is 205 g/mol. The third-order valence-corrected chi connectivity index (χ3v) is 2.72. The zero-order valence-electron chi connectivity index (χ0n) is 8.80. The number of fused-ring (bicyclic) bond motifs is 3. The van der Waals surface area contributed by atoms with Crippen molar-refractivity contribution in [2.45, 2.75) is 0 Å². The molecule has 3 rings (SSSR count). The third kappa shape index (κ3) is 1.47. The predicted molar refractivity (Wildman–Crippen MR) is 67.7 cm³/mol. The van der Waals surface area contributed by atoms with E-state index in [1.165, 1.54) is 16.7 Å². The average Bonchev–Trinajstić information content (AvgIpc) is 2.33. The molecule has 0 N–H and O–H groups in total. The van der Waals surface area contributed by atoms with E-state index >= 15 is 0 Å². The Balaban J connectivity index is 2.34. The molecule has 2 aromatic rings. The quantitative estimate of drug-likeness (QED) is 0.637. The molecule has 0 unspecified atom stereocenters. The largest absolute Gasteiger partial charge is 0.256 e. The summed E-state index contributed by atoms with van der Waals surface area (Å²) in [7, 11) is 0. The Kier molecular flexibility index (Phi) is 2.15. The predicted octanol–water partition coefficient (Wildman–Crippen LogP) is 3.79. The molecule has 0 spiro atoms. The molecule has 0 bridgehead atoms. The maximum atomic E-state index is 4.48. The van der Waals surface area contributed by atoms with Crippen molar-refractivity contribution in [2.24, 2.45) is 0 Å². The van der Waals surface area contributed by atoms with Gasteiger partial charge in [0.05, 0.1) is 5.69 Å². The first-order chi connectivity index (χ1) is 7.95. The highest BCUT2D eigenvalue weighted by atomic mass is 14.7. The van der Waals surface area contributed by atoms with Crippen LogP contribution in [-0.2, 0) is 0 Å². The van der Waals surface area contributed by atoms with E-state index in [4.69, 9.17) is 0 Å². The first kappa shape index (κ1) is 9.10. The lowest BCUT2D eigenvalue weighted by Gasteiger charge is -2.09. The Morgan fingerprint density at radius 3 is 2.44 bits per heavy atom. The standard InChI is InChI=1S/C15H11N/c1-2-8-13-9-5-11-16-15(13)14-10-4-3-7-12(14)6-1/h1-11H. The number of rotatable bonds is 0. The lowest BCUT2D eigenvalue weighted by atomic mass is 9.98. The maximum Gasteiger partial charge on any atom is 0.0780 e. The van der Waals surface area contributed by atoms with Crippen molar-refractivity contribution in [3.8, 4) is 11.3 Å². The summed E-state index contributed by atoms with van der Waals surface area (Å²) in [5.41, 5.74) is 4.63. The van der Waals surface area contributed by atoms with Crippen LogP contribution in [0.5, 0.6) is 0 Å². The van der Waals surface area contributed by atoms with Crippen LogP contribution in [0.2, 0.25) is 0 Å². The average molecular weight is 205 g/mol. The second-order valence-electron chi connectivity index (χ2n) is 3.75. The summed E-state index contributed by atoms with van der Waals surface area (Å²) in [4.78, 5) is 4.48. The van der Waals surface area contributed by atoms with E-state index in [2.05, 4.69) is 59.6 Å². The van der Waals surface area contributed by atoms with E-state index in [0.717, 1.165) is 5.69 Å². The molecule has 1 nitrogen and oxygen atoms in total. The summed E-state index contributed by atoms with van der Waals surface area (Å²) < 4.78 is 0. The van der Waals surface area contributed by atoms with Gasteiger partial charge in [-0.15, -0.1) is 0 Å². The fourth-order valence-corrected chi connectivity index (χ4v) is 1.95. The van der Waals surface area contributed by atoms with E-state index in [1.807, 2.05) is 12.3 Å². The molecule has 0 atom stereocenters. The van der Waals surface area contributed by atoms with E-state index in [1.54, 1.807) is 0 Å². The molecule has 16 heavy (non-hydrogen) atoms. The SMILES string of the molecule is C1=Cc2ccccc2-c2ncccc2C=C1. The number of aromatic nitrogens is 1. The van der Waals surface area contributed by atoms with Gasteiger partial charge in [0.2, 0.25) is 0 Å². The van der Waals surface area contributed by atoms with Crippen molar-refractivity contribution in [1.29, 1.82) is 0 Å². The molecular weight excluding hydrogens is 194 g/mol. The summed E-state index contributed by atoms with van der Waals surface area (Å²) in [5.74, 6) is 0. The minimum absolute atomic E-state index is 1.05. The first-order valence-corrected chi connectivity index (χ1v) is 5.34. The van der Waals surface area contributed by atoms with Crippen molar-refractivity contribution in [1.82, 2.24) is 4.98 Å². The minimum atomic E-state index is 1.05. The van der Waals surface area contributed by atoms with Gasteiger partial charge in [0.15, 0.2) is 0 Å². The Hall–Kier alpha value is -2.15. The van der Waals surface area contributed by atoms with Crippen LogP contribution in [0.15, 0.2) is 54.7 Å². The van der Waals surface area contributed by atoms with Crippen LogP contribution in [0.1, 0.15) is 11.1 Å². The smallest absolute Gasteiger partial charge is 0.0780 e. The van der Waals surface area contributed by atoms with Gasteiger partial charge in [0.1, 0.15) is 0 Å². The van der Waals surface area contributed by atoms with Crippen molar-refractivity contribution >= 4 is 12.2 Å². The second-order valence-corrected chi connectivity index (χ2v) is 3.75. The molecule has 1 aromatic heterocycles. The van der Waals surface area contributed by atoms with E-state index < -0.39 is 0 Å². The van der Waals surface area contributed by atoms with Gasteiger partial charge in [-0.1, -0.05) is 54.6 Å². The van der Waals surface area contributed by atoms with E-state index in [-0.39, 0.29) is 0 Å². The number of pyridine rings is 1. The van der Waals surface area contributed by atoms with Gasteiger partial charge >= 0.3 is 0 Å². The molecule has 1 aromatic carbocycles. The first-order valence-electron chi connectivity index (χ1n) is 5.34. The fourth-order valence-electron chi connectivity index (χ4n) is 1.95. The number of hydrogen-bond acceptors (Lipinski definition) is 1. The molecule has 0 saturated heterocycles. The lowest BCUT2D eigenvalue weighted by Crippen LogP contribution is -1.91. The van der Waals surface area contributed by atoms with Crippen molar-refractivity contribution < 1.29 is 0 Å². The number of hydrogen-bond donors (Lipinski definition) is 0. The maximum absolute atomic E-state index is 4.48. The summed E-state index contributed by atoms with van der Waals surface area (Å²) in [6.45, 7) is 0. The normalized spacial score (nSPS) is 12.5. The van der Waals surface area contributed by atoms with Gasteiger partial charge in [0, 0.05) is 17.3 Å². The van der Waals surface area contributed by atoms with E-state index in [0.29, 0.717) is 0 Å². The number of benzene rings is 1. The van der Waals surface area contributed by atoms with Crippen LogP contribution in [0.3, 0.4) is 0 Å². The molecule has 1 heterocycles. The molecule has 0 fully saturated rings. The van der Waals surface area contributed by atoms with Crippen LogP contribution < -0.4 is 0 Å². The van der Waals surface area contributed by atoms with Crippen molar-refractivity contribution in [2.75, 3.05) is 0 Å². The Labute approximate surface area is 94.8 Å². The van der Waals surface area contributed by atoms with Crippen molar-refractivity contribution in [3.05, 3.63) is 65.9 Å². The Morgan fingerprint density at radius 2 is 1.50 bits per heavy atom. The van der Waals surface area contributed by atoms with Gasteiger partial charge < -0.3 is 0 Å². The lowest BCUT2D eigenvalue weighted by molar-refractivity contribution is 1.31. The van der Waals surface area contributed by atoms with Gasteiger partial charge in [-0.05, 0) is 11.6 Å². The van der Waals surface area contributed by atoms with Crippen LogP contribution in [0, 0.1) is 0 Å². The molecule has 1 aliphatic carbocycles. The number of allylic oxidation sites excluding steroid dienone is 2. The molecule has 1 aliphatic rings. The Morgan fingerprint density at radius 1 is 0.750 bits per heavy atom. The third-order valence-electron chi connectivity index (χ3n) is 2.72. The van der Waals surface area contributed by atoms with Crippen LogP contribution in [-0.4, -0.2) is 4.98 Å². The van der Waals surface area contributed by atoms with Crippen LogP contribution in [0.25, 0.3) is 23.4 Å². The highest BCUT2D eigenvalue weighted by molar-refractivity contribution is 5.81. The summed E-state index contributed by atoms with van der Waals surface area (Å²) in [6, 6.07) is 12.4. The second kappa shape index (κ2) is 3.78. The molecule has 0 saturated carbocycles. The highest BCUT2D eigenvalue weighted by Gasteiger charge is 2.07. The summed E-state index contributed by atoms with van der Waals surface area (Å²) >= 11 is 0. The molecule has 0 radical (unpaired) electrons. The van der Waals surface area contributed by atoms with Crippen LogP contribution in [0.4, 0.5) is 0 Å². The number of nitrogens with zero attached hydrogens (tertiary/aromatic N) is 1. The molecular formula is C15H11N. The van der Waals surface area contributed by atoms with E-state index in [9.17, 15) is 0 Å². The summed E-state index contributed by atoms with van der Waals surface area (Å²) in [5, 5.41) is 0. The van der Waals surface area contributed by atoms with Gasteiger partial charge in [-0.2, -0.15) is 0 Å². The molecule has 0 amide bonds. The summed E-state index contributed by atoms with van der Waals surface area (Å²) in [6.07, 6.45) is 10.2. The van der Waals surface area contributed by atoms with Crippen LogP contribution >= 0.6 is 0 Å². The fraction of sp³-hybridized carbons (Fsp3) is 0. The topological polar surface area (TPSA) is 12.9 Å². The zero-order valence-corrected chi connectivity index (χ0v) is 8.80. The Bertz CT molecular complexity index is 526. The van der Waals surface area contributed by atoms with Gasteiger partial charge in [-0.25, -0.2) is 0 Å². The van der Waals surface area contributed by atoms with Gasteiger partial charge in [-0.3, -0.25) is 4.98 Å². The van der Waals surface area contributed by atoms with Crippen molar-refractivity contribution in [3.63, 3.8) is 0 Å². The minimum Gasteiger partial charge on any atom is -0.256 e. The zero-order chi connectivity index (χ0) is 10.8.